The van der Waals surface area contributed by atoms with Gasteiger partial charge in [0.05, 0.1) is 18.5 Å². The van der Waals surface area contributed by atoms with Crippen molar-refractivity contribution in [2.75, 3.05) is 12.4 Å². The molecule has 0 spiro atoms. The molecular formula is C14H18N4O2. The van der Waals surface area contributed by atoms with E-state index in [0.717, 1.165) is 11.3 Å². The van der Waals surface area contributed by atoms with E-state index >= 15 is 0 Å². The molecule has 6 nitrogen and oxygen atoms in total. The number of methoxy groups -OCH3 is 1. The zero-order valence-electron chi connectivity index (χ0n) is 11.8. The second kappa shape index (κ2) is 5.64. The third-order valence-electron chi connectivity index (χ3n) is 3.05. The molecule has 0 aliphatic carbocycles. The first kappa shape index (κ1) is 13.9. The van der Waals surface area contributed by atoms with Crippen molar-refractivity contribution >= 4 is 11.6 Å². The summed E-state index contributed by atoms with van der Waals surface area (Å²) in [7, 11) is 3.38. The van der Waals surface area contributed by atoms with Crippen molar-refractivity contribution in [1.82, 2.24) is 9.78 Å². The smallest absolute Gasteiger partial charge is 0.244 e. The maximum atomic E-state index is 11.7. The van der Waals surface area contributed by atoms with E-state index in [1.165, 1.54) is 0 Å². The molecule has 3 N–H and O–H groups in total. The van der Waals surface area contributed by atoms with Gasteiger partial charge in [0.2, 0.25) is 5.91 Å². The zero-order valence-corrected chi connectivity index (χ0v) is 11.8. The van der Waals surface area contributed by atoms with Crippen LogP contribution in [-0.4, -0.2) is 22.8 Å². The first-order valence-electron chi connectivity index (χ1n) is 6.22. The SMILES string of the molecule is COc1ccccc1NC(C(N)=O)c1cn(C)nc1C. The lowest BCUT2D eigenvalue weighted by Gasteiger charge is -2.18. The van der Waals surface area contributed by atoms with E-state index in [0.29, 0.717) is 11.4 Å². The van der Waals surface area contributed by atoms with Gasteiger partial charge in [-0.1, -0.05) is 12.1 Å². The number of aromatic nitrogens is 2. The third-order valence-corrected chi connectivity index (χ3v) is 3.05. The number of nitrogens with zero attached hydrogens (tertiary/aromatic N) is 2. The van der Waals surface area contributed by atoms with Crippen LogP contribution in [0.25, 0.3) is 0 Å². The van der Waals surface area contributed by atoms with Gasteiger partial charge >= 0.3 is 0 Å². The average Bonchev–Trinajstić information content (AvgIpc) is 2.74. The predicted molar refractivity (Wildman–Crippen MR) is 76.5 cm³/mol. The van der Waals surface area contributed by atoms with Gasteiger partial charge < -0.3 is 15.8 Å². The van der Waals surface area contributed by atoms with E-state index in [9.17, 15) is 4.79 Å². The number of carbonyl (C=O) groups excluding carboxylic acids is 1. The molecule has 1 heterocycles. The van der Waals surface area contributed by atoms with E-state index < -0.39 is 11.9 Å². The third kappa shape index (κ3) is 2.74. The number of carbonyl (C=O) groups is 1. The molecule has 0 saturated heterocycles. The Labute approximate surface area is 117 Å². The molecule has 0 saturated carbocycles. The van der Waals surface area contributed by atoms with E-state index in [4.69, 9.17) is 10.5 Å². The Hall–Kier alpha value is -2.50. The number of primary amides is 1. The predicted octanol–water partition coefficient (Wildman–Crippen LogP) is 1.38. The maximum absolute atomic E-state index is 11.7. The van der Waals surface area contributed by atoms with E-state index in [-0.39, 0.29) is 0 Å². The number of benzene rings is 1. The molecule has 0 aliphatic heterocycles. The summed E-state index contributed by atoms with van der Waals surface area (Å²) in [6, 6.07) is 6.72. The van der Waals surface area contributed by atoms with Crippen molar-refractivity contribution in [2.45, 2.75) is 13.0 Å². The van der Waals surface area contributed by atoms with Crippen LogP contribution in [-0.2, 0) is 11.8 Å². The lowest BCUT2D eigenvalue weighted by molar-refractivity contribution is -0.118. The quantitative estimate of drug-likeness (QED) is 0.863. The average molecular weight is 274 g/mol. The number of ether oxygens (including phenoxy) is 1. The van der Waals surface area contributed by atoms with Gasteiger partial charge in [-0.15, -0.1) is 0 Å². The number of aryl methyl sites for hydroxylation is 2. The van der Waals surface area contributed by atoms with Gasteiger partial charge in [-0.05, 0) is 19.1 Å². The fourth-order valence-electron chi connectivity index (χ4n) is 2.12. The van der Waals surface area contributed by atoms with Gasteiger partial charge in [-0.3, -0.25) is 9.48 Å². The topological polar surface area (TPSA) is 82.2 Å². The van der Waals surface area contributed by atoms with Crippen LogP contribution in [0.1, 0.15) is 17.3 Å². The molecular weight excluding hydrogens is 256 g/mol. The summed E-state index contributed by atoms with van der Waals surface area (Å²) in [5.41, 5.74) is 7.74. The number of hydrogen-bond donors (Lipinski definition) is 2. The summed E-state index contributed by atoms with van der Waals surface area (Å²) in [6.07, 6.45) is 1.78. The van der Waals surface area contributed by atoms with Gasteiger partial charge in [0.15, 0.2) is 0 Å². The number of anilines is 1. The summed E-state index contributed by atoms with van der Waals surface area (Å²) >= 11 is 0. The number of nitrogens with two attached hydrogens (primary N) is 1. The lowest BCUT2D eigenvalue weighted by Crippen LogP contribution is -2.28. The van der Waals surface area contributed by atoms with Crippen LogP contribution < -0.4 is 15.8 Å². The van der Waals surface area contributed by atoms with Crippen molar-refractivity contribution in [1.29, 1.82) is 0 Å². The Morgan fingerprint density at radius 1 is 1.45 bits per heavy atom. The minimum absolute atomic E-state index is 0.466. The highest BCUT2D eigenvalue weighted by Gasteiger charge is 2.22. The number of rotatable bonds is 5. The molecule has 20 heavy (non-hydrogen) atoms. The van der Waals surface area contributed by atoms with Crippen LogP contribution in [0.3, 0.4) is 0 Å². The monoisotopic (exact) mass is 274 g/mol. The van der Waals surface area contributed by atoms with Crippen molar-refractivity contribution in [2.24, 2.45) is 12.8 Å². The van der Waals surface area contributed by atoms with Crippen molar-refractivity contribution < 1.29 is 9.53 Å². The normalized spacial score (nSPS) is 11.9. The molecule has 6 heteroatoms. The summed E-state index contributed by atoms with van der Waals surface area (Å²) in [6.45, 7) is 1.84. The van der Waals surface area contributed by atoms with Gasteiger partial charge in [0, 0.05) is 18.8 Å². The molecule has 1 atom stereocenters. The zero-order chi connectivity index (χ0) is 14.7. The Morgan fingerprint density at radius 3 is 2.70 bits per heavy atom. The molecule has 1 aromatic heterocycles. The van der Waals surface area contributed by atoms with Crippen LogP contribution in [0.5, 0.6) is 5.75 Å². The Morgan fingerprint density at radius 2 is 2.15 bits per heavy atom. The molecule has 2 aromatic rings. The van der Waals surface area contributed by atoms with Crippen molar-refractivity contribution in [3.8, 4) is 5.75 Å². The van der Waals surface area contributed by atoms with Gasteiger partial charge in [-0.2, -0.15) is 5.10 Å². The van der Waals surface area contributed by atoms with Crippen LogP contribution in [0.2, 0.25) is 0 Å². The molecule has 0 aliphatic rings. The van der Waals surface area contributed by atoms with E-state index in [2.05, 4.69) is 10.4 Å². The van der Waals surface area contributed by atoms with Crippen molar-refractivity contribution in [3.63, 3.8) is 0 Å². The molecule has 1 aromatic carbocycles. The minimum Gasteiger partial charge on any atom is -0.495 e. The molecule has 1 amide bonds. The van der Waals surface area contributed by atoms with E-state index in [1.54, 1.807) is 25.0 Å². The Kier molecular flexibility index (Phi) is 3.93. The van der Waals surface area contributed by atoms with Gasteiger partial charge in [-0.25, -0.2) is 0 Å². The standard InChI is InChI=1S/C14H18N4O2/c1-9-10(8-18(2)17-9)13(14(15)19)16-11-6-4-5-7-12(11)20-3/h4-8,13,16H,1-3H3,(H2,15,19). The van der Waals surface area contributed by atoms with Crippen LogP contribution in [0.4, 0.5) is 5.69 Å². The molecule has 1 unspecified atom stereocenters. The summed E-state index contributed by atoms with van der Waals surface area (Å²) < 4.78 is 6.92. The molecule has 2 rings (SSSR count). The van der Waals surface area contributed by atoms with Crippen LogP contribution in [0, 0.1) is 6.92 Å². The first-order chi connectivity index (χ1) is 9.52. The fourth-order valence-corrected chi connectivity index (χ4v) is 2.12. The fraction of sp³-hybridized carbons (Fsp3) is 0.286. The second-order valence-electron chi connectivity index (χ2n) is 4.52. The molecule has 0 fully saturated rings. The summed E-state index contributed by atoms with van der Waals surface area (Å²) in [5, 5.41) is 7.35. The highest BCUT2D eigenvalue weighted by Crippen LogP contribution is 2.28. The maximum Gasteiger partial charge on any atom is 0.244 e. The largest absolute Gasteiger partial charge is 0.495 e. The molecule has 0 bridgehead atoms. The Balaban J connectivity index is 2.36. The summed E-state index contributed by atoms with van der Waals surface area (Å²) in [4.78, 5) is 11.7. The van der Waals surface area contributed by atoms with Gasteiger partial charge in [0.1, 0.15) is 11.8 Å². The lowest BCUT2D eigenvalue weighted by atomic mass is 10.1. The minimum atomic E-state index is -0.653. The second-order valence-corrected chi connectivity index (χ2v) is 4.52. The van der Waals surface area contributed by atoms with Crippen LogP contribution in [0.15, 0.2) is 30.5 Å². The molecule has 106 valence electrons. The molecule has 0 radical (unpaired) electrons. The highest BCUT2D eigenvalue weighted by atomic mass is 16.5. The number of nitrogens with one attached hydrogen (secondary N) is 1. The number of amides is 1. The van der Waals surface area contributed by atoms with Crippen molar-refractivity contribution in [3.05, 3.63) is 41.7 Å². The first-order valence-corrected chi connectivity index (χ1v) is 6.22. The van der Waals surface area contributed by atoms with Crippen LogP contribution >= 0.6 is 0 Å². The number of hydrogen-bond acceptors (Lipinski definition) is 4. The van der Waals surface area contributed by atoms with E-state index in [1.807, 2.05) is 31.2 Å². The highest BCUT2D eigenvalue weighted by molar-refractivity contribution is 5.85. The van der Waals surface area contributed by atoms with Gasteiger partial charge in [0.25, 0.3) is 0 Å². The summed E-state index contributed by atoms with van der Waals surface area (Å²) in [5.74, 6) is 0.187. The number of para-hydroxylation sites is 2. The Bertz CT molecular complexity index is 621.